The van der Waals surface area contributed by atoms with Gasteiger partial charge in [-0.2, -0.15) is 0 Å². The summed E-state index contributed by atoms with van der Waals surface area (Å²) in [6.45, 7) is 4.26. The molecule has 0 saturated carbocycles. The Kier molecular flexibility index (Phi) is 6.28. The molecule has 1 aromatic heterocycles. The van der Waals surface area contributed by atoms with Crippen molar-refractivity contribution >= 4 is 52.1 Å². The molecule has 1 amide bonds. The maximum Gasteiger partial charge on any atom is 0.291 e. The number of amides is 1. The molecule has 0 aliphatic carbocycles. The Hall–Kier alpha value is -2.14. The number of anilines is 2. The number of piperidine rings is 1. The second kappa shape index (κ2) is 8.93. The number of hydrogen-bond acceptors (Lipinski definition) is 3. The Labute approximate surface area is 190 Å². The lowest BCUT2D eigenvalue weighted by atomic mass is 9.99. The molecule has 2 aromatic carbocycles. The van der Waals surface area contributed by atoms with Crippen molar-refractivity contribution in [1.82, 2.24) is 0 Å². The van der Waals surface area contributed by atoms with E-state index >= 15 is 0 Å². The molecular formula is C23H21Cl3N2O2. The molecule has 1 N–H and O–H groups in total. The average Bonchev–Trinajstić information content (AvgIpc) is 3.21. The number of rotatable bonds is 4. The van der Waals surface area contributed by atoms with Crippen molar-refractivity contribution in [3.63, 3.8) is 0 Å². The Morgan fingerprint density at radius 2 is 1.77 bits per heavy atom. The maximum absolute atomic E-state index is 12.6. The summed E-state index contributed by atoms with van der Waals surface area (Å²) in [5, 5.41) is 4.48. The highest BCUT2D eigenvalue weighted by Gasteiger charge is 2.19. The van der Waals surface area contributed by atoms with Gasteiger partial charge in [0.25, 0.3) is 5.91 Å². The van der Waals surface area contributed by atoms with Gasteiger partial charge in [0.05, 0.1) is 15.7 Å². The number of nitrogens with one attached hydrogen (secondary N) is 1. The van der Waals surface area contributed by atoms with Crippen LogP contribution in [0.3, 0.4) is 0 Å². The third kappa shape index (κ3) is 4.61. The van der Waals surface area contributed by atoms with E-state index < -0.39 is 0 Å². The van der Waals surface area contributed by atoms with Gasteiger partial charge in [0.1, 0.15) is 5.76 Å². The van der Waals surface area contributed by atoms with Crippen LogP contribution in [0.2, 0.25) is 15.1 Å². The molecular weight excluding hydrogens is 443 g/mol. The van der Waals surface area contributed by atoms with E-state index in [-0.39, 0.29) is 11.7 Å². The summed E-state index contributed by atoms with van der Waals surface area (Å²) >= 11 is 18.8. The first-order chi connectivity index (χ1) is 14.4. The van der Waals surface area contributed by atoms with E-state index in [0.29, 0.717) is 32.1 Å². The van der Waals surface area contributed by atoms with E-state index in [1.54, 1.807) is 36.4 Å². The quantitative estimate of drug-likeness (QED) is 0.438. The average molecular weight is 464 g/mol. The highest BCUT2D eigenvalue weighted by molar-refractivity contribution is 6.35. The smallest absolute Gasteiger partial charge is 0.291 e. The first kappa shape index (κ1) is 21.1. The summed E-state index contributed by atoms with van der Waals surface area (Å²) in [6.07, 6.45) is 2.32. The molecule has 7 heteroatoms. The van der Waals surface area contributed by atoms with Gasteiger partial charge in [0.15, 0.2) is 5.76 Å². The lowest BCUT2D eigenvalue weighted by molar-refractivity contribution is 0.0997. The summed E-state index contributed by atoms with van der Waals surface area (Å²) in [6, 6.07) is 14.0. The van der Waals surface area contributed by atoms with Gasteiger partial charge in [0, 0.05) is 29.4 Å². The number of halogens is 3. The minimum Gasteiger partial charge on any atom is -0.451 e. The van der Waals surface area contributed by atoms with Crippen molar-refractivity contribution < 1.29 is 9.21 Å². The number of carbonyl (C=O) groups is 1. The van der Waals surface area contributed by atoms with Crippen LogP contribution in [0.15, 0.2) is 52.9 Å². The van der Waals surface area contributed by atoms with E-state index in [2.05, 4.69) is 17.1 Å². The van der Waals surface area contributed by atoms with Gasteiger partial charge in [-0.25, -0.2) is 0 Å². The molecule has 1 aliphatic rings. The van der Waals surface area contributed by atoms with Gasteiger partial charge < -0.3 is 14.6 Å². The van der Waals surface area contributed by atoms with Crippen LogP contribution in [-0.4, -0.2) is 19.0 Å². The van der Waals surface area contributed by atoms with E-state index in [9.17, 15) is 4.79 Å². The molecule has 1 fully saturated rings. The van der Waals surface area contributed by atoms with Crippen molar-refractivity contribution in [3.05, 3.63) is 69.4 Å². The van der Waals surface area contributed by atoms with E-state index in [0.717, 1.165) is 37.5 Å². The summed E-state index contributed by atoms with van der Waals surface area (Å²) in [4.78, 5) is 14.9. The normalized spacial score (nSPS) is 14.7. The molecule has 0 bridgehead atoms. The number of benzene rings is 2. The van der Waals surface area contributed by atoms with Crippen molar-refractivity contribution in [3.8, 4) is 11.3 Å². The van der Waals surface area contributed by atoms with Gasteiger partial charge in [-0.15, -0.1) is 0 Å². The van der Waals surface area contributed by atoms with Crippen LogP contribution in [0.25, 0.3) is 11.3 Å². The summed E-state index contributed by atoms with van der Waals surface area (Å²) < 4.78 is 5.70. The fourth-order valence-electron chi connectivity index (χ4n) is 3.57. The highest BCUT2D eigenvalue weighted by Crippen LogP contribution is 2.33. The minimum atomic E-state index is -0.366. The number of hydrogen-bond donors (Lipinski definition) is 1. The van der Waals surface area contributed by atoms with E-state index in [1.165, 1.54) is 0 Å². The maximum atomic E-state index is 12.6. The SMILES string of the molecule is CC1CCN(c2ccc(NC(=O)c3ccc(-c4cc(Cl)ccc4Cl)o3)cc2Cl)CC1. The van der Waals surface area contributed by atoms with Gasteiger partial charge in [0.2, 0.25) is 0 Å². The molecule has 0 radical (unpaired) electrons. The summed E-state index contributed by atoms with van der Waals surface area (Å²) in [5.41, 5.74) is 2.24. The highest BCUT2D eigenvalue weighted by atomic mass is 35.5. The first-order valence-electron chi connectivity index (χ1n) is 9.82. The second-order valence-electron chi connectivity index (χ2n) is 7.58. The standard InChI is InChI=1S/C23H21Cl3N2O2/c1-14-8-10-28(11-9-14)20-5-3-16(13-19(20)26)27-23(29)22-7-6-21(30-22)17-12-15(24)2-4-18(17)25/h2-7,12-14H,8-11H2,1H3,(H,27,29). The lowest BCUT2D eigenvalue weighted by Crippen LogP contribution is -2.32. The molecule has 0 unspecified atom stereocenters. The van der Waals surface area contributed by atoms with E-state index in [1.807, 2.05) is 12.1 Å². The molecule has 30 heavy (non-hydrogen) atoms. The van der Waals surface area contributed by atoms with Crippen molar-refractivity contribution in [2.24, 2.45) is 5.92 Å². The van der Waals surface area contributed by atoms with Crippen LogP contribution in [0, 0.1) is 5.92 Å². The monoisotopic (exact) mass is 462 g/mol. The fourth-order valence-corrected chi connectivity index (χ4v) is 4.26. The Morgan fingerprint density at radius 1 is 1.00 bits per heavy atom. The predicted molar refractivity (Wildman–Crippen MR) is 124 cm³/mol. The molecule has 0 atom stereocenters. The summed E-state index contributed by atoms with van der Waals surface area (Å²) in [5.74, 6) is 1.03. The van der Waals surface area contributed by atoms with Gasteiger partial charge in [-0.3, -0.25) is 4.79 Å². The van der Waals surface area contributed by atoms with E-state index in [4.69, 9.17) is 39.2 Å². The van der Waals surface area contributed by atoms with Crippen molar-refractivity contribution in [2.75, 3.05) is 23.3 Å². The molecule has 4 rings (SSSR count). The zero-order valence-corrected chi connectivity index (χ0v) is 18.7. The number of nitrogens with zero attached hydrogens (tertiary/aromatic N) is 1. The second-order valence-corrected chi connectivity index (χ2v) is 8.83. The van der Waals surface area contributed by atoms with Crippen molar-refractivity contribution in [2.45, 2.75) is 19.8 Å². The Balaban J connectivity index is 1.47. The molecule has 3 aromatic rings. The molecule has 2 heterocycles. The fraction of sp³-hybridized carbons (Fsp3) is 0.261. The number of furan rings is 1. The Morgan fingerprint density at radius 3 is 2.50 bits per heavy atom. The lowest BCUT2D eigenvalue weighted by Gasteiger charge is -2.32. The van der Waals surface area contributed by atoms with Crippen LogP contribution >= 0.6 is 34.8 Å². The Bertz CT molecular complexity index is 1070. The first-order valence-corrected chi connectivity index (χ1v) is 10.9. The third-order valence-corrected chi connectivity index (χ3v) is 6.22. The molecule has 0 spiro atoms. The largest absolute Gasteiger partial charge is 0.451 e. The van der Waals surface area contributed by atoms with Crippen LogP contribution < -0.4 is 10.2 Å². The number of carbonyl (C=O) groups excluding carboxylic acids is 1. The van der Waals surface area contributed by atoms with Crippen molar-refractivity contribution in [1.29, 1.82) is 0 Å². The van der Waals surface area contributed by atoms with Gasteiger partial charge in [-0.1, -0.05) is 41.7 Å². The topological polar surface area (TPSA) is 45.5 Å². The molecule has 1 saturated heterocycles. The van der Waals surface area contributed by atoms with Crippen LogP contribution in [0.5, 0.6) is 0 Å². The third-order valence-electron chi connectivity index (χ3n) is 5.35. The molecule has 156 valence electrons. The minimum absolute atomic E-state index is 0.172. The van der Waals surface area contributed by atoms with Gasteiger partial charge in [-0.05, 0) is 67.3 Å². The van der Waals surface area contributed by atoms with Crippen LogP contribution in [0.4, 0.5) is 11.4 Å². The van der Waals surface area contributed by atoms with Gasteiger partial charge >= 0.3 is 0 Å². The zero-order chi connectivity index (χ0) is 21.3. The predicted octanol–water partition coefficient (Wildman–Crippen LogP) is 7.40. The van der Waals surface area contributed by atoms with Crippen LogP contribution in [0.1, 0.15) is 30.3 Å². The molecule has 4 nitrogen and oxygen atoms in total. The summed E-state index contributed by atoms with van der Waals surface area (Å²) in [7, 11) is 0. The molecule has 1 aliphatic heterocycles. The zero-order valence-electron chi connectivity index (χ0n) is 16.4. The van der Waals surface area contributed by atoms with Crippen LogP contribution in [-0.2, 0) is 0 Å².